The largest absolute Gasteiger partial charge is 0.259 e. The number of hydrogen-bond donors (Lipinski definition) is 1. The van der Waals surface area contributed by atoms with Crippen LogP contribution in [0.15, 0.2) is 18.2 Å². The van der Waals surface area contributed by atoms with E-state index in [-0.39, 0.29) is 5.75 Å². The van der Waals surface area contributed by atoms with Gasteiger partial charge in [0.25, 0.3) is 0 Å². The van der Waals surface area contributed by atoms with E-state index in [1.54, 1.807) is 0 Å². The Morgan fingerprint density at radius 1 is 1.44 bits per heavy atom. The molecule has 18 heavy (non-hydrogen) atoms. The molecule has 0 fully saturated rings. The summed E-state index contributed by atoms with van der Waals surface area (Å²) < 4.78 is 26.9. The zero-order valence-corrected chi connectivity index (χ0v) is 12.2. The van der Waals surface area contributed by atoms with Gasteiger partial charge >= 0.3 is 0 Å². The Hall–Kier alpha value is -0.850. The smallest absolute Gasteiger partial charge is 0.234 e. The molecule has 0 spiro atoms. The number of nitrogens with zero attached hydrogens (tertiary/aromatic N) is 1. The summed E-state index contributed by atoms with van der Waals surface area (Å²) in [6.45, 7) is 1.99. The lowest BCUT2D eigenvalue weighted by Gasteiger charge is -2.02. The maximum Gasteiger partial charge on any atom is 0.234 e. The number of rotatable bonds is 5. The third kappa shape index (κ3) is 3.34. The van der Waals surface area contributed by atoms with Crippen molar-refractivity contribution in [2.75, 3.05) is 16.4 Å². The SMILES string of the molecule is Cc1ccc2nc(NS(=O)(=O)CCCCl)sc2c1. The molecule has 0 saturated heterocycles. The number of alkyl halides is 1. The Morgan fingerprint density at radius 2 is 2.22 bits per heavy atom. The number of nitrogens with one attached hydrogen (secondary N) is 1. The number of halogens is 1. The molecule has 4 nitrogen and oxygen atoms in total. The van der Waals surface area contributed by atoms with Crippen LogP contribution in [0.2, 0.25) is 0 Å². The highest BCUT2D eigenvalue weighted by molar-refractivity contribution is 7.92. The second-order valence-corrected chi connectivity index (χ2v) is 7.20. The van der Waals surface area contributed by atoms with Gasteiger partial charge in [0.05, 0.1) is 16.0 Å². The molecular formula is C11H13ClN2O2S2. The van der Waals surface area contributed by atoms with Gasteiger partial charge in [-0.25, -0.2) is 13.4 Å². The number of aryl methyl sites for hydroxylation is 1. The van der Waals surface area contributed by atoms with Gasteiger partial charge in [-0.2, -0.15) is 0 Å². The van der Waals surface area contributed by atoms with Crippen molar-refractivity contribution in [1.82, 2.24) is 4.98 Å². The molecule has 0 amide bonds. The summed E-state index contributed by atoms with van der Waals surface area (Å²) in [5.74, 6) is 0.353. The van der Waals surface area contributed by atoms with Gasteiger partial charge in [0, 0.05) is 5.88 Å². The van der Waals surface area contributed by atoms with Gasteiger partial charge < -0.3 is 0 Å². The zero-order chi connectivity index (χ0) is 13.2. The normalized spacial score (nSPS) is 11.9. The molecule has 0 aliphatic heterocycles. The average Bonchev–Trinajstić information content (AvgIpc) is 2.66. The number of benzene rings is 1. The van der Waals surface area contributed by atoms with Gasteiger partial charge in [0.15, 0.2) is 5.13 Å². The maximum atomic E-state index is 11.7. The van der Waals surface area contributed by atoms with E-state index in [0.717, 1.165) is 15.8 Å². The lowest BCUT2D eigenvalue weighted by Crippen LogP contribution is -2.16. The Balaban J connectivity index is 2.22. The van der Waals surface area contributed by atoms with Crippen molar-refractivity contribution in [3.8, 4) is 0 Å². The third-order valence-electron chi connectivity index (χ3n) is 2.33. The van der Waals surface area contributed by atoms with E-state index in [1.807, 2.05) is 25.1 Å². The number of anilines is 1. The fraction of sp³-hybridized carbons (Fsp3) is 0.364. The number of sulfonamides is 1. The van der Waals surface area contributed by atoms with Crippen molar-refractivity contribution < 1.29 is 8.42 Å². The summed E-state index contributed by atoms with van der Waals surface area (Å²) in [6.07, 6.45) is 0.431. The fourth-order valence-corrected chi connectivity index (χ4v) is 4.10. The van der Waals surface area contributed by atoms with Crippen molar-refractivity contribution in [3.05, 3.63) is 23.8 Å². The van der Waals surface area contributed by atoms with Crippen LogP contribution in [0.4, 0.5) is 5.13 Å². The monoisotopic (exact) mass is 304 g/mol. The second kappa shape index (κ2) is 5.42. The summed E-state index contributed by atoms with van der Waals surface area (Å²) >= 11 is 6.82. The highest BCUT2D eigenvalue weighted by Crippen LogP contribution is 2.27. The lowest BCUT2D eigenvalue weighted by atomic mass is 10.2. The lowest BCUT2D eigenvalue weighted by molar-refractivity contribution is 0.600. The second-order valence-electron chi connectivity index (χ2n) is 3.95. The first-order valence-corrected chi connectivity index (χ1v) is 8.44. The molecule has 1 heterocycles. The molecule has 7 heteroatoms. The zero-order valence-electron chi connectivity index (χ0n) is 9.81. The van der Waals surface area contributed by atoms with Crippen molar-refractivity contribution in [2.45, 2.75) is 13.3 Å². The first-order chi connectivity index (χ1) is 8.50. The van der Waals surface area contributed by atoms with Gasteiger partial charge in [-0.15, -0.1) is 11.6 Å². The summed E-state index contributed by atoms with van der Waals surface area (Å²) in [6, 6.07) is 5.83. The molecule has 98 valence electrons. The molecule has 2 rings (SSSR count). The average molecular weight is 305 g/mol. The topological polar surface area (TPSA) is 59.1 Å². The van der Waals surface area contributed by atoms with E-state index in [9.17, 15) is 8.42 Å². The molecule has 2 aromatic rings. The molecule has 1 N–H and O–H groups in total. The van der Waals surface area contributed by atoms with Crippen molar-refractivity contribution >= 4 is 48.3 Å². The van der Waals surface area contributed by atoms with Crippen LogP contribution in [-0.4, -0.2) is 25.0 Å². The van der Waals surface area contributed by atoms with Crippen LogP contribution in [0.5, 0.6) is 0 Å². The van der Waals surface area contributed by atoms with Crippen LogP contribution in [0, 0.1) is 6.92 Å². The predicted molar refractivity (Wildman–Crippen MR) is 77.1 cm³/mol. The van der Waals surface area contributed by atoms with Crippen molar-refractivity contribution in [2.24, 2.45) is 0 Å². The van der Waals surface area contributed by atoms with E-state index >= 15 is 0 Å². The molecule has 1 aromatic heterocycles. The number of fused-ring (bicyclic) bond motifs is 1. The molecule has 0 saturated carbocycles. The van der Waals surface area contributed by atoms with Crippen LogP contribution < -0.4 is 4.72 Å². The predicted octanol–water partition coefficient (Wildman–Crippen LogP) is 2.98. The van der Waals surface area contributed by atoms with Gasteiger partial charge in [-0.1, -0.05) is 17.4 Å². The van der Waals surface area contributed by atoms with E-state index in [2.05, 4.69) is 9.71 Å². The molecule has 0 radical (unpaired) electrons. The Labute approximate surface area is 115 Å². The van der Waals surface area contributed by atoms with Crippen LogP contribution in [0.3, 0.4) is 0 Å². The van der Waals surface area contributed by atoms with Crippen molar-refractivity contribution in [3.63, 3.8) is 0 Å². The molecule has 0 atom stereocenters. The summed E-state index contributed by atoms with van der Waals surface area (Å²) in [5, 5.41) is 0.408. The Kier molecular flexibility index (Phi) is 4.09. The van der Waals surface area contributed by atoms with E-state index in [4.69, 9.17) is 11.6 Å². The molecule has 0 aliphatic rings. The fourth-order valence-electron chi connectivity index (χ4n) is 1.50. The number of aromatic nitrogens is 1. The van der Waals surface area contributed by atoms with E-state index in [1.165, 1.54) is 11.3 Å². The number of hydrogen-bond acceptors (Lipinski definition) is 4. The molecule has 0 unspecified atom stereocenters. The van der Waals surface area contributed by atoms with Crippen LogP contribution >= 0.6 is 22.9 Å². The number of thiazole rings is 1. The maximum absolute atomic E-state index is 11.7. The standard InChI is InChI=1S/C11H13ClN2O2S2/c1-8-3-4-9-10(7-8)17-11(13-9)14-18(15,16)6-2-5-12/h3-4,7H,2,5-6H2,1H3,(H,13,14). The molecular weight excluding hydrogens is 292 g/mol. The summed E-state index contributed by atoms with van der Waals surface area (Å²) in [7, 11) is -3.34. The van der Waals surface area contributed by atoms with Crippen LogP contribution in [0.25, 0.3) is 10.2 Å². The van der Waals surface area contributed by atoms with Crippen LogP contribution in [0.1, 0.15) is 12.0 Å². The highest BCUT2D eigenvalue weighted by atomic mass is 35.5. The van der Waals surface area contributed by atoms with E-state index < -0.39 is 10.0 Å². The van der Waals surface area contributed by atoms with Gasteiger partial charge in [-0.05, 0) is 31.0 Å². The Bertz CT molecular complexity index is 652. The summed E-state index contributed by atoms with van der Waals surface area (Å²) in [5.41, 5.74) is 1.93. The van der Waals surface area contributed by atoms with Gasteiger partial charge in [0.1, 0.15) is 0 Å². The first kappa shape index (κ1) is 13.6. The van der Waals surface area contributed by atoms with Crippen LogP contribution in [-0.2, 0) is 10.0 Å². The minimum Gasteiger partial charge on any atom is -0.259 e. The van der Waals surface area contributed by atoms with Gasteiger partial charge in [0.2, 0.25) is 10.0 Å². The Morgan fingerprint density at radius 3 is 2.94 bits per heavy atom. The minimum atomic E-state index is -3.34. The van der Waals surface area contributed by atoms with Gasteiger partial charge in [-0.3, -0.25) is 4.72 Å². The first-order valence-electron chi connectivity index (χ1n) is 5.44. The molecule has 0 aliphatic carbocycles. The minimum absolute atomic E-state index is 0.0193. The highest BCUT2D eigenvalue weighted by Gasteiger charge is 2.13. The summed E-state index contributed by atoms with van der Waals surface area (Å²) in [4.78, 5) is 4.24. The van der Waals surface area contributed by atoms with E-state index in [0.29, 0.717) is 17.4 Å². The molecule has 0 bridgehead atoms. The molecule has 1 aromatic carbocycles. The van der Waals surface area contributed by atoms with Crippen molar-refractivity contribution in [1.29, 1.82) is 0 Å². The third-order valence-corrected chi connectivity index (χ3v) is 4.99. The quantitative estimate of drug-likeness (QED) is 0.864.